The zero-order valence-corrected chi connectivity index (χ0v) is 11.9. The zero-order valence-electron chi connectivity index (χ0n) is 11.9. The van der Waals surface area contributed by atoms with Crippen molar-refractivity contribution in [3.63, 3.8) is 0 Å². The lowest BCUT2D eigenvalue weighted by Gasteiger charge is -2.42. The Morgan fingerprint density at radius 3 is 3.00 bits per heavy atom. The van der Waals surface area contributed by atoms with Gasteiger partial charge in [0.1, 0.15) is 0 Å². The van der Waals surface area contributed by atoms with E-state index in [1.54, 1.807) is 0 Å². The van der Waals surface area contributed by atoms with Crippen molar-refractivity contribution in [2.45, 2.75) is 38.8 Å². The SMILES string of the molecule is Cc1cc(N2CCC3NC(=O)CCC3C2)ccc1CO. The van der Waals surface area contributed by atoms with Crippen molar-refractivity contribution in [2.24, 2.45) is 5.92 Å². The lowest BCUT2D eigenvalue weighted by atomic mass is 9.85. The van der Waals surface area contributed by atoms with Crippen LogP contribution in [0.3, 0.4) is 0 Å². The summed E-state index contributed by atoms with van der Waals surface area (Å²) in [5.41, 5.74) is 3.37. The number of carbonyl (C=O) groups is 1. The highest BCUT2D eigenvalue weighted by Crippen LogP contribution is 2.29. The molecule has 2 fully saturated rings. The summed E-state index contributed by atoms with van der Waals surface area (Å²) in [4.78, 5) is 13.8. The molecule has 0 radical (unpaired) electrons. The van der Waals surface area contributed by atoms with Gasteiger partial charge in [0.05, 0.1) is 6.61 Å². The number of aliphatic hydroxyl groups is 1. The van der Waals surface area contributed by atoms with E-state index in [-0.39, 0.29) is 12.5 Å². The minimum absolute atomic E-state index is 0.100. The first-order valence-electron chi connectivity index (χ1n) is 7.42. The fraction of sp³-hybridized carbons (Fsp3) is 0.562. The average Bonchev–Trinajstić information content (AvgIpc) is 2.46. The van der Waals surface area contributed by atoms with Crippen molar-refractivity contribution in [1.29, 1.82) is 0 Å². The molecule has 0 spiro atoms. The molecular formula is C16H22N2O2. The van der Waals surface area contributed by atoms with Gasteiger partial charge in [0, 0.05) is 31.2 Å². The van der Waals surface area contributed by atoms with Gasteiger partial charge < -0.3 is 15.3 Å². The molecule has 1 aromatic rings. The number of benzene rings is 1. The molecule has 2 heterocycles. The highest BCUT2D eigenvalue weighted by molar-refractivity contribution is 5.77. The standard InChI is InChI=1S/C16H22N2O2/c1-11-8-14(4-2-13(11)10-19)18-7-6-15-12(9-18)3-5-16(20)17-15/h2,4,8,12,15,19H,3,5-7,9-10H2,1H3,(H,17,20). The number of aliphatic hydroxyl groups excluding tert-OH is 1. The summed E-state index contributed by atoms with van der Waals surface area (Å²) in [6.07, 6.45) is 2.69. The van der Waals surface area contributed by atoms with Crippen LogP contribution in [0.1, 0.15) is 30.4 Å². The number of nitrogens with one attached hydrogen (secondary N) is 1. The van der Waals surface area contributed by atoms with Crippen molar-refractivity contribution in [2.75, 3.05) is 18.0 Å². The number of rotatable bonds is 2. The average molecular weight is 274 g/mol. The molecule has 2 aliphatic heterocycles. The van der Waals surface area contributed by atoms with E-state index in [9.17, 15) is 9.90 Å². The third-order valence-electron chi connectivity index (χ3n) is 4.68. The van der Waals surface area contributed by atoms with Crippen molar-refractivity contribution >= 4 is 11.6 Å². The predicted octanol–water partition coefficient (Wildman–Crippen LogP) is 1.59. The minimum atomic E-state index is 0.100. The summed E-state index contributed by atoms with van der Waals surface area (Å²) in [5.74, 6) is 0.780. The van der Waals surface area contributed by atoms with E-state index in [1.807, 2.05) is 13.0 Å². The Kier molecular flexibility index (Phi) is 3.66. The van der Waals surface area contributed by atoms with Gasteiger partial charge in [-0.05, 0) is 48.9 Å². The van der Waals surface area contributed by atoms with E-state index in [1.165, 1.54) is 5.69 Å². The zero-order chi connectivity index (χ0) is 14.1. The van der Waals surface area contributed by atoms with Crippen LogP contribution in [-0.2, 0) is 11.4 Å². The second-order valence-electron chi connectivity index (χ2n) is 5.98. The fourth-order valence-corrected chi connectivity index (χ4v) is 3.40. The molecule has 1 amide bonds. The summed E-state index contributed by atoms with van der Waals surface area (Å²) in [7, 11) is 0. The Balaban J connectivity index is 1.73. The number of nitrogens with zero attached hydrogens (tertiary/aromatic N) is 1. The molecule has 1 aromatic carbocycles. The molecule has 108 valence electrons. The molecule has 0 aliphatic carbocycles. The number of aryl methyl sites for hydroxylation is 1. The molecule has 0 aromatic heterocycles. The van der Waals surface area contributed by atoms with Gasteiger partial charge in [0.15, 0.2) is 0 Å². The number of anilines is 1. The summed E-state index contributed by atoms with van der Waals surface area (Å²) >= 11 is 0. The van der Waals surface area contributed by atoms with Crippen LogP contribution in [0, 0.1) is 12.8 Å². The summed E-state index contributed by atoms with van der Waals surface area (Å²) in [5, 5.41) is 12.4. The van der Waals surface area contributed by atoms with Crippen LogP contribution < -0.4 is 10.2 Å². The molecule has 2 saturated heterocycles. The van der Waals surface area contributed by atoms with Crippen LogP contribution >= 0.6 is 0 Å². The van der Waals surface area contributed by atoms with Gasteiger partial charge in [0.25, 0.3) is 0 Å². The van der Waals surface area contributed by atoms with Crippen molar-refractivity contribution in [3.8, 4) is 0 Å². The third kappa shape index (κ3) is 2.52. The van der Waals surface area contributed by atoms with Crippen LogP contribution in [0.15, 0.2) is 18.2 Å². The molecule has 3 rings (SSSR count). The number of carbonyl (C=O) groups excluding carboxylic acids is 1. The first-order valence-corrected chi connectivity index (χ1v) is 7.42. The second kappa shape index (κ2) is 5.44. The maximum absolute atomic E-state index is 11.4. The smallest absolute Gasteiger partial charge is 0.220 e. The highest BCUT2D eigenvalue weighted by Gasteiger charge is 2.33. The topological polar surface area (TPSA) is 52.6 Å². The molecule has 0 saturated carbocycles. The van der Waals surface area contributed by atoms with E-state index >= 15 is 0 Å². The first kappa shape index (κ1) is 13.4. The van der Waals surface area contributed by atoms with Crippen LogP contribution in [0.4, 0.5) is 5.69 Å². The van der Waals surface area contributed by atoms with Crippen molar-refractivity contribution in [3.05, 3.63) is 29.3 Å². The predicted molar refractivity (Wildman–Crippen MR) is 78.6 cm³/mol. The minimum Gasteiger partial charge on any atom is -0.392 e. The normalized spacial score (nSPS) is 26.1. The molecule has 4 nitrogen and oxygen atoms in total. The van der Waals surface area contributed by atoms with Gasteiger partial charge in [-0.15, -0.1) is 0 Å². The van der Waals surface area contributed by atoms with E-state index in [0.717, 1.165) is 37.1 Å². The Bertz CT molecular complexity index is 515. The second-order valence-corrected chi connectivity index (χ2v) is 5.98. The van der Waals surface area contributed by atoms with E-state index in [0.29, 0.717) is 18.4 Å². The van der Waals surface area contributed by atoms with Crippen LogP contribution in [0.2, 0.25) is 0 Å². The maximum Gasteiger partial charge on any atom is 0.220 e. The summed E-state index contributed by atoms with van der Waals surface area (Å²) in [6, 6.07) is 6.64. The number of amides is 1. The third-order valence-corrected chi connectivity index (χ3v) is 4.68. The Morgan fingerprint density at radius 1 is 1.40 bits per heavy atom. The number of piperidine rings is 2. The van der Waals surface area contributed by atoms with Gasteiger partial charge in [0.2, 0.25) is 5.91 Å². The molecule has 2 unspecified atom stereocenters. The number of hydrogen-bond acceptors (Lipinski definition) is 3. The Hall–Kier alpha value is -1.55. The molecule has 2 aliphatic rings. The highest BCUT2D eigenvalue weighted by atomic mass is 16.3. The van der Waals surface area contributed by atoms with Crippen molar-refractivity contribution in [1.82, 2.24) is 5.32 Å². The molecule has 2 N–H and O–H groups in total. The Labute approximate surface area is 119 Å². The van der Waals surface area contributed by atoms with E-state index in [2.05, 4.69) is 22.3 Å². The van der Waals surface area contributed by atoms with Crippen LogP contribution in [-0.4, -0.2) is 30.1 Å². The van der Waals surface area contributed by atoms with Crippen molar-refractivity contribution < 1.29 is 9.90 Å². The Morgan fingerprint density at radius 2 is 2.25 bits per heavy atom. The molecule has 20 heavy (non-hydrogen) atoms. The monoisotopic (exact) mass is 274 g/mol. The van der Waals surface area contributed by atoms with Crippen LogP contribution in [0.25, 0.3) is 0 Å². The molecule has 4 heteroatoms. The van der Waals surface area contributed by atoms with E-state index in [4.69, 9.17) is 0 Å². The number of fused-ring (bicyclic) bond motifs is 1. The quantitative estimate of drug-likeness (QED) is 0.861. The van der Waals surface area contributed by atoms with Gasteiger partial charge in [-0.2, -0.15) is 0 Å². The van der Waals surface area contributed by atoms with E-state index < -0.39 is 0 Å². The molecule has 2 atom stereocenters. The largest absolute Gasteiger partial charge is 0.392 e. The maximum atomic E-state index is 11.4. The van der Waals surface area contributed by atoms with Crippen LogP contribution in [0.5, 0.6) is 0 Å². The lowest BCUT2D eigenvalue weighted by molar-refractivity contribution is -0.124. The summed E-state index contributed by atoms with van der Waals surface area (Å²) < 4.78 is 0. The molecule has 0 bridgehead atoms. The summed E-state index contributed by atoms with van der Waals surface area (Å²) in [6.45, 7) is 4.15. The molecular weight excluding hydrogens is 252 g/mol. The fourth-order valence-electron chi connectivity index (χ4n) is 3.40. The van der Waals surface area contributed by atoms with Gasteiger partial charge in [-0.3, -0.25) is 4.79 Å². The van der Waals surface area contributed by atoms with Gasteiger partial charge >= 0.3 is 0 Å². The number of hydrogen-bond donors (Lipinski definition) is 2. The first-order chi connectivity index (χ1) is 9.67. The van der Waals surface area contributed by atoms with Gasteiger partial charge in [-0.25, -0.2) is 0 Å². The lowest BCUT2D eigenvalue weighted by Crippen LogP contribution is -2.54. The van der Waals surface area contributed by atoms with Gasteiger partial charge in [-0.1, -0.05) is 6.07 Å².